The number of aryl methyl sites for hydroxylation is 2. The van der Waals surface area contributed by atoms with Crippen LogP contribution in [0.25, 0.3) is 0 Å². The number of hydrogen-bond donors (Lipinski definition) is 0. The van der Waals surface area contributed by atoms with Crippen LogP contribution in [0, 0.1) is 6.92 Å². The van der Waals surface area contributed by atoms with E-state index in [0.29, 0.717) is 0 Å². The molecule has 1 aromatic carbocycles. The van der Waals surface area contributed by atoms with Crippen LogP contribution in [0.3, 0.4) is 0 Å². The normalized spacial score (nSPS) is 10.7. The van der Waals surface area contributed by atoms with Crippen LogP contribution in [0.5, 0.6) is 0 Å². The van der Waals surface area contributed by atoms with Crippen molar-refractivity contribution in [2.24, 2.45) is 0 Å². The minimum absolute atomic E-state index is 0.0422. The fraction of sp³-hybridized carbons (Fsp3) is 0.455. The first-order valence-electron chi connectivity index (χ1n) is 4.53. The maximum atomic E-state index is 2.37. The molecule has 1 heteroatoms. The molecule has 0 unspecified atom stereocenters. The molecule has 0 saturated heterocycles. The third-order valence-electron chi connectivity index (χ3n) is 2.03. The Morgan fingerprint density at radius 1 is 1.08 bits per heavy atom. The molecular formula is C11H17Si. The molecule has 0 aromatic heterocycles. The molecule has 0 nitrogen and oxygen atoms in total. The van der Waals surface area contributed by atoms with Gasteiger partial charge in [-0.3, -0.25) is 0 Å². The van der Waals surface area contributed by atoms with E-state index in [9.17, 15) is 0 Å². The molecule has 0 aliphatic rings. The molecule has 65 valence electrons. The van der Waals surface area contributed by atoms with Gasteiger partial charge in [-0.25, -0.2) is 0 Å². The van der Waals surface area contributed by atoms with Gasteiger partial charge in [-0.05, 0) is 18.9 Å². The smallest absolute Gasteiger partial charge is 0.0416 e. The zero-order valence-electron chi connectivity index (χ0n) is 8.22. The first-order valence-corrected chi connectivity index (χ1v) is 7.24. The summed E-state index contributed by atoms with van der Waals surface area (Å²) in [7, 11) is -0.0422. The maximum absolute atomic E-state index is 2.37. The summed E-state index contributed by atoms with van der Waals surface area (Å²) in [6.07, 6.45) is 1.27. The van der Waals surface area contributed by atoms with Gasteiger partial charge in [0, 0.05) is 8.80 Å². The molecule has 0 saturated carbocycles. The van der Waals surface area contributed by atoms with E-state index in [1.54, 1.807) is 0 Å². The molecule has 0 amide bonds. The van der Waals surface area contributed by atoms with Crippen LogP contribution in [0.15, 0.2) is 24.3 Å². The lowest BCUT2D eigenvalue weighted by molar-refractivity contribution is 1.11. The highest BCUT2D eigenvalue weighted by Crippen LogP contribution is 2.07. The number of rotatable bonds is 3. The minimum atomic E-state index is -0.0422. The minimum Gasteiger partial charge on any atom is -0.0713 e. The van der Waals surface area contributed by atoms with Crippen LogP contribution in [0.2, 0.25) is 19.1 Å². The summed E-state index contributed by atoms with van der Waals surface area (Å²) in [5.74, 6) is 0. The Bertz CT molecular complexity index is 223. The second kappa shape index (κ2) is 4.46. The molecule has 0 fully saturated rings. The van der Waals surface area contributed by atoms with Gasteiger partial charge in [0.25, 0.3) is 0 Å². The fourth-order valence-electron chi connectivity index (χ4n) is 1.15. The number of hydrogen-bond acceptors (Lipinski definition) is 0. The van der Waals surface area contributed by atoms with Crippen LogP contribution < -0.4 is 0 Å². The van der Waals surface area contributed by atoms with Crippen molar-refractivity contribution in [3.8, 4) is 0 Å². The van der Waals surface area contributed by atoms with Crippen molar-refractivity contribution in [2.75, 3.05) is 0 Å². The maximum Gasteiger partial charge on any atom is 0.0416 e. The average molecular weight is 177 g/mol. The van der Waals surface area contributed by atoms with Crippen LogP contribution in [-0.4, -0.2) is 8.80 Å². The van der Waals surface area contributed by atoms with Crippen LogP contribution in [0.4, 0.5) is 0 Å². The highest BCUT2D eigenvalue weighted by atomic mass is 28.3. The van der Waals surface area contributed by atoms with Crippen LogP contribution in [-0.2, 0) is 6.42 Å². The molecule has 12 heavy (non-hydrogen) atoms. The van der Waals surface area contributed by atoms with Gasteiger partial charge in [-0.15, -0.1) is 0 Å². The molecule has 1 rings (SSSR count). The van der Waals surface area contributed by atoms with Crippen molar-refractivity contribution in [3.05, 3.63) is 35.4 Å². The molecule has 0 spiro atoms. The molecule has 0 aliphatic carbocycles. The highest BCUT2D eigenvalue weighted by Gasteiger charge is 1.97. The van der Waals surface area contributed by atoms with Crippen molar-refractivity contribution in [1.29, 1.82) is 0 Å². The van der Waals surface area contributed by atoms with Gasteiger partial charge >= 0.3 is 0 Å². The van der Waals surface area contributed by atoms with E-state index in [4.69, 9.17) is 0 Å². The van der Waals surface area contributed by atoms with Gasteiger partial charge in [0.05, 0.1) is 0 Å². The van der Waals surface area contributed by atoms with E-state index in [-0.39, 0.29) is 8.80 Å². The van der Waals surface area contributed by atoms with E-state index < -0.39 is 0 Å². The van der Waals surface area contributed by atoms with Crippen molar-refractivity contribution in [1.82, 2.24) is 0 Å². The SMILES string of the molecule is Cc1ccc(CC[Si](C)C)cc1. The summed E-state index contributed by atoms with van der Waals surface area (Å²) in [6.45, 7) is 6.89. The highest BCUT2D eigenvalue weighted by molar-refractivity contribution is 6.55. The van der Waals surface area contributed by atoms with Crippen LogP contribution in [0.1, 0.15) is 11.1 Å². The zero-order valence-corrected chi connectivity index (χ0v) is 9.22. The van der Waals surface area contributed by atoms with E-state index >= 15 is 0 Å². The van der Waals surface area contributed by atoms with Gasteiger partial charge in [-0.1, -0.05) is 49.0 Å². The van der Waals surface area contributed by atoms with Crippen molar-refractivity contribution >= 4 is 8.80 Å². The van der Waals surface area contributed by atoms with E-state index in [1.165, 1.54) is 23.6 Å². The monoisotopic (exact) mass is 177 g/mol. The predicted octanol–water partition coefficient (Wildman–Crippen LogP) is 3.29. The third-order valence-corrected chi connectivity index (χ3v) is 3.28. The third kappa shape index (κ3) is 3.22. The molecular weight excluding hydrogens is 160 g/mol. The van der Waals surface area contributed by atoms with Crippen molar-refractivity contribution in [3.63, 3.8) is 0 Å². The first kappa shape index (κ1) is 9.52. The largest absolute Gasteiger partial charge is 0.0713 e. The molecule has 0 atom stereocenters. The van der Waals surface area contributed by atoms with E-state index in [1.807, 2.05) is 0 Å². The Balaban J connectivity index is 2.48. The average Bonchev–Trinajstić information content (AvgIpc) is 2.03. The van der Waals surface area contributed by atoms with Crippen molar-refractivity contribution < 1.29 is 0 Å². The van der Waals surface area contributed by atoms with E-state index in [2.05, 4.69) is 44.3 Å². The fourth-order valence-corrected chi connectivity index (χ4v) is 1.94. The van der Waals surface area contributed by atoms with E-state index in [0.717, 1.165) is 0 Å². The Kier molecular flexibility index (Phi) is 3.54. The van der Waals surface area contributed by atoms with Gasteiger partial charge < -0.3 is 0 Å². The standard InChI is InChI=1S/C11H17Si/c1-10-4-6-11(7-5-10)8-9-12(2)3/h4-7H,8-9H2,1-3H3. The predicted molar refractivity (Wildman–Crippen MR) is 57.2 cm³/mol. The molecule has 1 aromatic rings. The second-order valence-corrected chi connectivity index (χ2v) is 6.61. The molecule has 0 aliphatic heterocycles. The summed E-state index contributed by atoms with van der Waals surface area (Å²) in [5.41, 5.74) is 2.85. The Morgan fingerprint density at radius 3 is 2.17 bits per heavy atom. The molecule has 0 N–H and O–H groups in total. The Morgan fingerprint density at radius 2 is 1.67 bits per heavy atom. The zero-order chi connectivity index (χ0) is 8.97. The topological polar surface area (TPSA) is 0 Å². The Labute approximate surface area is 77.2 Å². The molecule has 1 radical (unpaired) electrons. The van der Waals surface area contributed by atoms with Gasteiger partial charge in [0.1, 0.15) is 0 Å². The molecule has 0 heterocycles. The summed E-state index contributed by atoms with van der Waals surface area (Å²) in [6, 6.07) is 10.3. The summed E-state index contributed by atoms with van der Waals surface area (Å²) in [5, 5.41) is 0. The molecule has 0 bridgehead atoms. The summed E-state index contributed by atoms with van der Waals surface area (Å²) >= 11 is 0. The lowest BCUT2D eigenvalue weighted by Gasteiger charge is -2.03. The van der Waals surface area contributed by atoms with Crippen LogP contribution >= 0.6 is 0 Å². The number of benzene rings is 1. The Hall–Kier alpha value is -0.563. The first-order chi connectivity index (χ1) is 5.68. The summed E-state index contributed by atoms with van der Waals surface area (Å²) in [4.78, 5) is 0. The van der Waals surface area contributed by atoms with Gasteiger partial charge in [0.15, 0.2) is 0 Å². The van der Waals surface area contributed by atoms with Gasteiger partial charge in [-0.2, -0.15) is 0 Å². The lowest BCUT2D eigenvalue weighted by Crippen LogP contribution is -2.00. The lowest BCUT2D eigenvalue weighted by atomic mass is 10.1. The van der Waals surface area contributed by atoms with Crippen molar-refractivity contribution in [2.45, 2.75) is 32.5 Å². The van der Waals surface area contributed by atoms with Gasteiger partial charge in [0.2, 0.25) is 0 Å². The second-order valence-electron chi connectivity index (χ2n) is 3.69. The summed E-state index contributed by atoms with van der Waals surface area (Å²) < 4.78 is 0. The quantitative estimate of drug-likeness (QED) is 0.622.